The first kappa shape index (κ1) is 19.4. The lowest BCUT2D eigenvalue weighted by atomic mass is 9.86. The summed E-state index contributed by atoms with van der Waals surface area (Å²) in [5.74, 6) is 0. The Labute approximate surface area is 177 Å². The minimum Gasteiger partial charge on any atom is -0.358 e. The third-order valence-corrected chi connectivity index (χ3v) is 5.79. The van der Waals surface area contributed by atoms with Crippen molar-refractivity contribution in [1.29, 1.82) is 0 Å². The van der Waals surface area contributed by atoms with Crippen LogP contribution in [0.25, 0.3) is 22.0 Å². The lowest BCUT2D eigenvalue weighted by Crippen LogP contribution is -2.62. The van der Waals surface area contributed by atoms with Gasteiger partial charge in [0.2, 0.25) is 5.69 Å². The number of aromatic amines is 1. The molecule has 0 saturated heterocycles. The number of benzene rings is 3. The predicted molar refractivity (Wildman–Crippen MR) is 118 cm³/mol. The maximum absolute atomic E-state index is 13.2. The van der Waals surface area contributed by atoms with E-state index in [2.05, 4.69) is 9.98 Å². The Morgan fingerprint density at radius 3 is 2.26 bits per heavy atom. The molecule has 5 rings (SSSR count). The van der Waals surface area contributed by atoms with Crippen LogP contribution in [0.4, 0.5) is 18.9 Å². The van der Waals surface area contributed by atoms with Crippen molar-refractivity contribution in [1.82, 2.24) is 4.98 Å². The molecule has 2 heterocycles. The molecule has 0 saturated carbocycles. The summed E-state index contributed by atoms with van der Waals surface area (Å²) in [6.45, 7) is 4.01. The van der Waals surface area contributed by atoms with E-state index in [4.69, 9.17) is 0 Å². The Bertz CT molecular complexity index is 1370. The number of fused-ring (bicyclic) bond motifs is 2. The van der Waals surface area contributed by atoms with Crippen LogP contribution in [-0.4, -0.2) is 10.7 Å². The Hall–Kier alpha value is -3.60. The molecule has 0 radical (unpaired) electrons. The summed E-state index contributed by atoms with van der Waals surface area (Å²) in [6.07, 6.45) is -4.37. The first-order chi connectivity index (χ1) is 14.8. The first-order valence-corrected chi connectivity index (χ1v) is 10.0. The molecule has 31 heavy (non-hydrogen) atoms. The van der Waals surface area contributed by atoms with E-state index in [0.717, 1.165) is 68.0 Å². The van der Waals surface area contributed by atoms with Gasteiger partial charge in [-0.25, -0.2) is 4.99 Å². The van der Waals surface area contributed by atoms with E-state index < -0.39 is 11.7 Å². The minimum absolute atomic E-state index is 0.651. The van der Waals surface area contributed by atoms with Crippen molar-refractivity contribution in [2.24, 2.45) is 0 Å². The summed E-state index contributed by atoms with van der Waals surface area (Å²) in [5, 5.41) is 1.04. The number of aromatic nitrogens is 1. The van der Waals surface area contributed by atoms with Gasteiger partial charge in [0.15, 0.2) is 5.71 Å². The molecule has 1 aliphatic heterocycles. The molecule has 1 aliphatic rings. The molecular weight excluding hydrogens is 397 g/mol. The predicted octanol–water partition coefficient (Wildman–Crippen LogP) is 5.64. The number of alkyl halides is 3. The highest BCUT2D eigenvalue weighted by Gasteiger charge is 2.32. The number of hydrogen-bond donors (Lipinski definition) is 2. The van der Waals surface area contributed by atoms with Crippen molar-refractivity contribution < 1.29 is 18.2 Å². The Balaban J connectivity index is 1.85. The van der Waals surface area contributed by atoms with Crippen molar-refractivity contribution in [2.75, 3.05) is 0 Å². The van der Waals surface area contributed by atoms with Gasteiger partial charge in [-0.05, 0) is 36.8 Å². The zero-order chi connectivity index (χ0) is 21.8. The zero-order valence-electron chi connectivity index (χ0n) is 17.1. The van der Waals surface area contributed by atoms with E-state index >= 15 is 0 Å². The summed E-state index contributed by atoms with van der Waals surface area (Å²) < 4.78 is 39.6. The monoisotopic (exact) mass is 417 g/mol. The summed E-state index contributed by atoms with van der Waals surface area (Å²) in [7, 11) is 0. The lowest BCUT2D eigenvalue weighted by Gasteiger charge is -2.14. The highest BCUT2D eigenvalue weighted by Crippen LogP contribution is 2.41. The van der Waals surface area contributed by atoms with Crippen molar-refractivity contribution >= 4 is 33.4 Å². The van der Waals surface area contributed by atoms with Crippen molar-refractivity contribution in [3.05, 3.63) is 101 Å². The van der Waals surface area contributed by atoms with Gasteiger partial charge in [-0.2, -0.15) is 13.2 Å². The SMILES string of the molecule is CC1=[NH+]c2ccccc2/C1=C(/c1ccc(C(F)(F)F)cc1)c1c(C)[nH]c2ccccc12. The van der Waals surface area contributed by atoms with E-state index in [9.17, 15) is 13.2 Å². The fourth-order valence-electron chi connectivity index (χ4n) is 4.44. The molecule has 0 spiro atoms. The van der Waals surface area contributed by atoms with Gasteiger partial charge >= 0.3 is 6.18 Å². The number of halogens is 3. The summed E-state index contributed by atoms with van der Waals surface area (Å²) >= 11 is 0. The molecule has 3 aromatic carbocycles. The molecule has 0 atom stereocenters. The van der Waals surface area contributed by atoms with Crippen molar-refractivity contribution in [3.8, 4) is 0 Å². The van der Waals surface area contributed by atoms with Crippen LogP contribution < -0.4 is 4.99 Å². The van der Waals surface area contributed by atoms with E-state index in [-0.39, 0.29) is 0 Å². The van der Waals surface area contributed by atoms with Crippen LogP contribution in [0.3, 0.4) is 0 Å². The van der Waals surface area contributed by atoms with Gasteiger partial charge in [-0.3, -0.25) is 0 Å². The van der Waals surface area contributed by atoms with Gasteiger partial charge in [0.25, 0.3) is 0 Å². The van der Waals surface area contributed by atoms with Gasteiger partial charge in [0, 0.05) is 40.7 Å². The maximum atomic E-state index is 13.2. The largest absolute Gasteiger partial charge is 0.416 e. The zero-order valence-corrected chi connectivity index (χ0v) is 17.1. The quantitative estimate of drug-likeness (QED) is 0.423. The van der Waals surface area contributed by atoms with Gasteiger partial charge in [0.05, 0.1) is 16.7 Å². The number of rotatable bonds is 2. The molecule has 0 amide bonds. The van der Waals surface area contributed by atoms with E-state index in [1.807, 2.05) is 62.4 Å². The highest BCUT2D eigenvalue weighted by atomic mass is 19.4. The van der Waals surface area contributed by atoms with Gasteiger partial charge in [0.1, 0.15) is 0 Å². The molecule has 0 aliphatic carbocycles. The van der Waals surface area contributed by atoms with Crippen LogP contribution >= 0.6 is 0 Å². The standard InChI is InChI=1S/C26H19F3N2/c1-15-23(19-7-3-5-9-21(19)30-15)25(17-11-13-18(14-12-17)26(27,28)29)24-16(2)31-22-10-6-4-8-20(22)24/h3-14,30H,1-2H3/p+1/b25-24-. The van der Waals surface area contributed by atoms with E-state index in [1.54, 1.807) is 12.1 Å². The van der Waals surface area contributed by atoms with Crippen molar-refractivity contribution in [3.63, 3.8) is 0 Å². The second-order valence-corrected chi connectivity index (χ2v) is 7.79. The summed E-state index contributed by atoms with van der Waals surface area (Å²) in [5.41, 5.74) is 8.00. The normalized spacial score (nSPS) is 15.2. The Morgan fingerprint density at radius 2 is 1.52 bits per heavy atom. The topological polar surface area (TPSA) is 29.8 Å². The smallest absolute Gasteiger partial charge is 0.358 e. The molecule has 2 nitrogen and oxygen atoms in total. The van der Waals surface area contributed by atoms with Crippen LogP contribution in [0.15, 0.2) is 72.8 Å². The third kappa shape index (κ3) is 3.17. The second kappa shape index (κ2) is 6.98. The van der Waals surface area contributed by atoms with Crippen LogP contribution in [-0.2, 0) is 6.18 Å². The fourth-order valence-corrected chi connectivity index (χ4v) is 4.44. The molecule has 154 valence electrons. The number of allylic oxidation sites excluding steroid dienone is 1. The average molecular weight is 417 g/mol. The van der Waals surface area contributed by atoms with Crippen LogP contribution in [0.5, 0.6) is 0 Å². The van der Waals surface area contributed by atoms with Crippen LogP contribution in [0, 0.1) is 6.92 Å². The van der Waals surface area contributed by atoms with E-state index in [0.29, 0.717) is 0 Å². The molecular formula is C26H20F3N2+. The third-order valence-electron chi connectivity index (χ3n) is 5.79. The van der Waals surface area contributed by atoms with Gasteiger partial charge in [-0.1, -0.05) is 42.5 Å². The second-order valence-electron chi connectivity index (χ2n) is 7.79. The molecule has 1 aromatic heterocycles. The molecule has 5 heteroatoms. The van der Waals surface area contributed by atoms with Crippen LogP contribution in [0.2, 0.25) is 0 Å². The number of aryl methyl sites for hydroxylation is 1. The van der Waals surface area contributed by atoms with Crippen LogP contribution in [0.1, 0.15) is 34.9 Å². The lowest BCUT2D eigenvalue weighted by molar-refractivity contribution is -0.349. The number of para-hydroxylation sites is 2. The Morgan fingerprint density at radius 1 is 0.839 bits per heavy atom. The molecule has 0 bridgehead atoms. The Kier molecular flexibility index (Phi) is 4.36. The van der Waals surface area contributed by atoms with Crippen molar-refractivity contribution in [2.45, 2.75) is 20.0 Å². The number of H-pyrrole nitrogens is 1. The minimum atomic E-state index is -4.37. The van der Waals surface area contributed by atoms with Gasteiger partial charge in [-0.15, -0.1) is 0 Å². The summed E-state index contributed by atoms with van der Waals surface area (Å²) in [4.78, 5) is 6.86. The molecule has 0 unspecified atom stereocenters. The van der Waals surface area contributed by atoms with E-state index in [1.165, 1.54) is 0 Å². The summed E-state index contributed by atoms with van der Waals surface area (Å²) in [6, 6.07) is 21.5. The van der Waals surface area contributed by atoms with Gasteiger partial charge < -0.3 is 4.98 Å². The molecule has 4 aromatic rings. The molecule has 2 N–H and O–H groups in total. The average Bonchev–Trinajstić information content (AvgIpc) is 3.25. The maximum Gasteiger partial charge on any atom is 0.416 e. The number of nitrogens with one attached hydrogen (secondary N) is 2. The molecule has 0 fully saturated rings. The first-order valence-electron chi connectivity index (χ1n) is 10.0. The number of hydrogen-bond acceptors (Lipinski definition) is 0. The fraction of sp³-hybridized carbons (Fsp3) is 0.115. The highest BCUT2D eigenvalue weighted by molar-refractivity contribution is 6.32.